The first-order valence-electron chi connectivity index (χ1n) is 4.43. The maximum absolute atomic E-state index is 11.2. The van der Waals surface area contributed by atoms with Crippen LogP contribution >= 0.6 is 0 Å². The molecule has 0 aliphatic carbocycles. The van der Waals surface area contributed by atoms with Gasteiger partial charge in [-0.1, -0.05) is 0 Å². The summed E-state index contributed by atoms with van der Waals surface area (Å²) in [4.78, 5) is 21.3. The highest BCUT2D eigenvalue weighted by Crippen LogP contribution is 1.97. The predicted molar refractivity (Wildman–Crippen MR) is 54.2 cm³/mol. The SMILES string of the molecule is CC(C(=O)NCCCC(=O)O)S(C)(=O)=O. The molecule has 0 aliphatic heterocycles. The summed E-state index contributed by atoms with van der Waals surface area (Å²) < 4.78 is 21.9. The molecule has 0 aromatic carbocycles. The molecular weight excluding hydrogens is 222 g/mol. The van der Waals surface area contributed by atoms with Crippen molar-refractivity contribution in [3.05, 3.63) is 0 Å². The number of hydrogen-bond acceptors (Lipinski definition) is 4. The van der Waals surface area contributed by atoms with Crippen molar-refractivity contribution in [1.29, 1.82) is 0 Å². The lowest BCUT2D eigenvalue weighted by Gasteiger charge is -2.09. The smallest absolute Gasteiger partial charge is 0.303 e. The first-order valence-corrected chi connectivity index (χ1v) is 6.39. The first kappa shape index (κ1) is 13.9. The molecule has 15 heavy (non-hydrogen) atoms. The van der Waals surface area contributed by atoms with Crippen molar-refractivity contribution in [3.63, 3.8) is 0 Å². The van der Waals surface area contributed by atoms with E-state index in [1.807, 2.05) is 0 Å². The van der Waals surface area contributed by atoms with Gasteiger partial charge in [0.2, 0.25) is 5.91 Å². The van der Waals surface area contributed by atoms with E-state index in [2.05, 4.69) is 5.32 Å². The monoisotopic (exact) mass is 237 g/mol. The number of carboxylic acids is 1. The van der Waals surface area contributed by atoms with Crippen LogP contribution in [0.1, 0.15) is 19.8 Å². The number of amides is 1. The number of carbonyl (C=O) groups excluding carboxylic acids is 1. The molecule has 0 aromatic heterocycles. The third-order valence-electron chi connectivity index (χ3n) is 1.88. The molecule has 0 aliphatic rings. The second kappa shape index (κ2) is 5.69. The number of nitrogens with one attached hydrogen (secondary N) is 1. The molecule has 0 aromatic rings. The van der Waals surface area contributed by atoms with Crippen LogP contribution in [0.25, 0.3) is 0 Å². The topological polar surface area (TPSA) is 101 Å². The minimum absolute atomic E-state index is 0.0481. The van der Waals surface area contributed by atoms with Crippen molar-refractivity contribution in [2.75, 3.05) is 12.8 Å². The lowest BCUT2D eigenvalue weighted by Crippen LogP contribution is -2.37. The molecular formula is C8H15NO5S. The summed E-state index contributed by atoms with van der Waals surface area (Å²) in [5.74, 6) is -1.54. The molecule has 1 unspecified atom stereocenters. The Bertz CT molecular complexity index is 335. The lowest BCUT2D eigenvalue weighted by molar-refractivity contribution is -0.137. The van der Waals surface area contributed by atoms with Gasteiger partial charge in [0.1, 0.15) is 5.25 Å². The zero-order valence-corrected chi connectivity index (χ0v) is 9.50. The van der Waals surface area contributed by atoms with E-state index < -0.39 is 27.0 Å². The van der Waals surface area contributed by atoms with Gasteiger partial charge < -0.3 is 10.4 Å². The van der Waals surface area contributed by atoms with Crippen LogP contribution in [-0.4, -0.2) is 43.5 Å². The highest BCUT2D eigenvalue weighted by atomic mass is 32.2. The summed E-state index contributed by atoms with van der Waals surface area (Å²) in [5, 5.41) is 9.58. The Kier molecular flexibility index (Phi) is 5.27. The molecule has 0 bridgehead atoms. The van der Waals surface area contributed by atoms with Crippen LogP contribution in [0.3, 0.4) is 0 Å². The molecule has 0 saturated heterocycles. The first-order chi connectivity index (χ1) is 6.75. The van der Waals surface area contributed by atoms with E-state index >= 15 is 0 Å². The van der Waals surface area contributed by atoms with E-state index in [4.69, 9.17) is 5.11 Å². The fraction of sp³-hybridized carbons (Fsp3) is 0.750. The van der Waals surface area contributed by atoms with Crippen LogP contribution < -0.4 is 5.32 Å². The van der Waals surface area contributed by atoms with E-state index in [-0.39, 0.29) is 19.4 Å². The van der Waals surface area contributed by atoms with Crippen LogP contribution in [0.4, 0.5) is 0 Å². The maximum atomic E-state index is 11.2. The second-order valence-electron chi connectivity index (χ2n) is 3.26. The largest absolute Gasteiger partial charge is 0.481 e. The minimum Gasteiger partial charge on any atom is -0.481 e. The Morgan fingerprint density at radius 3 is 2.33 bits per heavy atom. The van der Waals surface area contributed by atoms with E-state index in [0.29, 0.717) is 0 Å². The van der Waals surface area contributed by atoms with Crippen molar-refractivity contribution in [1.82, 2.24) is 5.32 Å². The van der Waals surface area contributed by atoms with Crippen LogP contribution in [-0.2, 0) is 19.4 Å². The van der Waals surface area contributed by atoms with Gasteiger partial charge in [0, 0.05) is 19.2 Å². The molecule has 0 heterocycles. The van der Waals surface area contributed by atoms with Crippen molar-refractivity contribution in [2.24, 2.45) is 0 Å². The summed E-state index contributed by atoms with van der Waals surface area (Å²) in [6, 6.07) is 0. The Balaban J connectivity index is 3.90. The van der Waals surface area contributed by atoms with Crippen LogP contribution in [0, 0.1) is 0 Å². The fourth-order valence-electron chi connectivity index (χ4n) is 0.789. The Hall–Kier alpha value is -1.11. The summed E-state index contributed by atoms with van der Waals surface area (Å²) in [6.07, 6.45) is 1.22. The second-order valence-corrected chi connectivity index (χ2v) is 5.63. The van der Waals surface area contributed by atoms with Gasteiger partial charge in [0.05, 0.1) is 0 Å². The Morgan fingerprint density at radius 1 is 1.40 bits per heavy atom. The average Bonchev–Trinajstić information content (AvgIpc) is 2.09. The molecule has 0 saturated carbocycles. The fourth-order valence-corrected chi connectivity index (χ4v) is 1.26. The van der Waals surface area contributed by atoms with Gasteiger partial charge in [-0.3, -0.25) is 9.59 Å². The van der Waals surface area contributed by atoms with E-state index in [1.54, 1.807) is 0 Å². The van der Waals surface area contributed by atoms with E-state index in [0.717, 1.165) is 6.26 Å². The molecule has 7 heteroatoms. The molecule has 0 spiro atoms. The van der Waals surface area contributed by atoms with Crippen molar-refractivity contribution < 1.29 is 23.1 Å². The number of sulfone groups is 1. The number of rotatable bonds is 6. The van der Waals surface area contributed by atoms with Crippen LogP contribution in [0.5, 0.6) is 0 Å². The Labute approximate surface area is 88.6 Å². The summed E-state index contributed by atoms with van der Waals surface area (Å²) in [7, 11) is -3.38. The van der Waals surface area contributed by atoms with Gasteiger partial charge >= 0.3 is 5.97 Å². The molecule has 1 atom stereocenters. The predicted octanol–water partition coefficient (Wildman–Crippen LogP) is -0.599. The van der Waals surface area contributed by atoms with Gasteiger partial charge in [-0.05, 0) is 13.3 Å². The molecule has 88 valence electrons. The zero-order chi connectivity index (χ0) is 12.1. The molecule has 6 nitrogen and oxygen atoms in total. The Morgan fingerprint density at radius 2 is 1.93 bits per heavy atom. The third-order valence-corrected chi connectivity index (χ3v) is 3.38. The average molecular weight is 237 g/mol. The van der Waals surface area contributed by atoms with Crippen LogP contribution in [0.15, 0.2) is 0 Å². The number of hydrogen-bond donors (Lipinski definition) is 2. The summed E-state index contributed by atoms with van der Waals surface area (Å²) >= 11 is 0. The number of carboxylic acid groups (broad SMARTS) is 1. The molecule has 0 fully saturated rings. The van der Waals surface area contributed by atoms with Crippen molar-refractivity contribution >= 4 is 21.7 Å². The molecule has 2 N–H and O–H groups in total. The zero-order valence-electron chi connectivity index (χ0n) is 8.69. The van der Waals surface area contributed by atoms with Crippen LogP contribution in [0.2, 0.25) is 0 Å². The maximum Gasteiger partial charge on any atom is 0.303 e. The van der Waals surface area contributed by atoms with Crippen molar-refractivity contribution in [2.45, 2.75) is 25.0 Å². The normalized spacial score (nSPS) is 13.2. The van der Waals surface area contributed by atoms with E-state index in [1.165, 1.54) is 6.92 Å². The third kappa shape index (κ3) is 6.05. The van der Waals surface area contributed by atoms with Gasteiger partial charge in [0.15, 0.2) is 9.84 Å². The number of aliphatic carboxylic acids is 1. The number of carbonyl (C=O) groups is 2. The standard InChI is InChI=1S/C8H15NO5S/c1-6(15(2,13)14)8(12)9-5-3-4-7(10)11/h6H,3-5H2,1-2H3,(H,9,12)(H,10,11). The summed E-state index contributed by atoms with van der Waals surface area (Å²) in [6.45, 7) is 1.47. The highest BCUT2D eigenvalue weighted by molar-refractivity contribution is 7.92. The molecule has 0 rings (SSSR count). The lowest BCUT2D eigenvalue weighted by atomic mass is 10.3. The molecule has 0 radical (unpaired) electrons. The molecule has 1 amide bonds. The minimum atomic E-state index is -3.38. The van der Waals surface area contributed by atoms with Gasteiger partial charge in [-0.15, -0.1) is 0 Å². The quantitative estimate of drug-likeness (QED) is 0.601. The van der Waals surface area contributed by atoms with Gasteiger partial charge in [0.25, 0.3) is 0 Å². The summed E-state index contributed by atoms with van der Waals surface area (Å²) in [5.41, 5.74) is 0. The van der Waals surface area contributed by atoms with Gasteiger partial charge in [-0.2, -0.15) is 0 Å². The van der Waals surface area contributed by atoms with E-state index in [9.17, 15) is 18.0 Å². The highest BCUT2D eigenvalue weighted by Gasteiger charge is 2.22. The van der Waals surface area contributed by atoms with Crippen molar-refractivity contribution in [3.8, 4) is 0 Å². The van der Waals surface area contributed by atoms with Gasteiger partial charge in [-0.25, -0.2) is 8.42 Å².